The van der Waals surface area contributed by atoms with Crippen LogP contribution in [0.4, 0.5) is 8.78 Å². The van der Waals surface area contributed by atoms with E-state index < -0.39 is 25.7 Å². The summed E-state index contributed by atoms with van der Waals surface area (Å²) in [5.41, 5.74) is 3.63. The van der Waals surface area contributed by atoms with Crippen molar-refractivity contribution >= 4 is 19.2 Å². The number of rotatable bonds is 13. The summed E-state index contributed by atoms with van der Waals surface area (Å²) in [7, 11) is -1.85. The molecule has 0 aliphatic heterocycles. The molecule has 1 fully saturated rings. The molecule has 0 spiro atoms. The van der Waals surface area contributed by atoms with Crippen molar-refractivity contribution < 1.29 is 23.4 Å². The molecule has 0 radical (unpaired) electrons. The Hall–Kier alpha value is -2.31. The van der Waals surface area contributed by atoms with Crippen LogP contribution in [0.5, 0.6) is 0 Å². The Morgan fingerprint density at radius 1 is 1.00 bits per heavy atom. The topological polar surface area (TPSA) is 46.5 Å². The van der Waals surface area contributed by atoms with E-state index in [9.17, 15) is 14.3 Å². The molecule has 0 amide bonds. The van der Waals surface area contributed by atoms with Crippen LogP contribution in [0, 0.1) is 11.6 Å². The SMILES string of the molecule is C=C(C)C(=O)OCc1cc(C2CCC(c3ccc(CCCCC)c(F)c3F)CC2)ccc1[Si](C)(C)CCCO. The third kappa shape index (κ3) is 8.10. The van der Waals surface area contributed by atoms with Gasteiger partial charge >= 0.3 is 5.97 Å². The second-order valence-corrected chi connectivity index (χ2v) is 16.7. The van der Waals surface area contributed by atoms with Crippen molar-refractivity contribution in [3.05, 3.63) is 76.4 Å². The van der Waals surface area contributed by atoms with Crippen molar-refractivity contribution in [2.45, 2.75) is 109 Å². The molecule has 1 aliphatic carbocycles. The molecule has 6 heteroatoms. The first kappa shape index (κ1) is 31.2. The van der Waals surface area contributed by atoms with Gasteiger partial charge in [0.25, 0.3) is 0 Å². The minimum absolute atomic E-state index is 0.0283. The molecule has 1 N–H and O–H groups in total. The molecule has 0 unspecified atom stereocenters. The van der Waals surface area contributed by atoms with Gasteiger partial charge in [-0.3, -0.25) is 0 Å². The predicted octanol–water partition coefficient (Wildman–Crippen LogP) is 8.06. The number of aryl methyl sites for hydroxylation is 1. The number of ether oxygens (including phenoxy) is 1. The number of carbonyl (C=O) groups excluding carboxylic acids is 1. The summed E-state index contributed by atoms with van der Waals surface area (Å²) in [6.45, 7) is 12.4. The van der Waals surface area contributed by atoms with E-state index in [2.05, 4.69) is 44.8 Å². The number of aliphatic hydroxyl groups is 1. The molecular formula is C33H46F2O3Si. The maximum atomic E-state index is 15.0. The third-order valence-corrected chi connectivity index (χ3v) is 12.0. The van der Waals surface area contributed by atoms with E-state index in [1.807, 2.05) is 6.07 Å². The molecule has 2 aromatic carbocycles. The normalized spacial score (nSPS) is 17.7. The molecule has 0 aromatic heterocycles. The zero-order chi connectivity index (χ0) is 28.6. The summed E-state index contributed by atoms with van der Waals surface area (Å²) in [5, 5.41) is 10.6. The van der Waals surface area contributed by atoms with E-state index in [0.717, 1.165) is 63.0 Å². The lowest BCUT2D eigenvalue weighted by Crippen LogP contribution is -2.43. The Bertz CT molecular complexity index is 1140. The Morgan fingerprint density at radius 2 is 1.69 bits per heavy atom. The monoisotopic (exact) mass is 556 g/mol. The zero-order valence-electron chi connectivity index (χ0n) is 24.3. The first-order valence-corrected chi connectivity index (χ1v) is 17.8. The van der Waals surface area contributed by atoms with Crippen LogP contribution in [-0.4, -0.2) is 25.8 Å². The number of halogens is 2. The van der Waals surface area contributed by atoms with Gasteiger partial charge in [-0.05, 0) is 86.0 Å². The van der Waals surface area contributed by atoms with E-state index in [-0.39, 0.29) is 19.1 Å². The van der Waals surface area contributed by atoms with Gasteiger partial charge in [0.15, 0.2) is 11.6 Å². The molecule has 2 aromatic rings. The van der Waals surface area contributed by atoms with Crippen LogP contribution in [0.1, 0.15) is 99.3 Å². The number of hydrogen-bond donors (Lipinski definition) is 1. The maximum absolute atomic E-state index is 15.0. The highest BCUT2D eigenvalue weighted by Crippen LogP contribution is 2.42. The zero-order valence-corrected chi connectivity index (χ0v) is 25.3. The minimum Gasteiger partial charge on any atom is -0.457 e. The van der Waals surface area contributed by atoms with Crippen LogP contribution >= 0.6 is 0 Å². The molecule has 1 aliphatic rings. The third-order valence-electron chi connectivity index (χ3n) is 8.41. The highest BCUT2D eigenvalue weighted by molar-refractivity contribution is 6.90. The minimum atomic E-state index is -1.85. The molecule has 3 rings (SSSR count). The van der Waals surface area contributed by atoms with Gasteiger partial charge in [0.1, 0.15) is 6.61 Å². The summed E-state index contributed by atoms with van der Waals surface area (Å²) >= 11 is 0. The fourth-order valence-corrected chi connectivity index (χ4v) is 8.84. The van der Waals surface area contributed by atoms with Gasteiger partial charge in [0.2, 0.25) is 0 Å². The van der Waals surface area contributed by atoms with E-state index in [0.29, 0.717) is 29.0 Å². The average molecular weight is 557 g/mol. The van der Waals surface area contributed by atoms with Gasteiger partial charge in [0, 0.05) is 12.2 Å². The maximum Gasteiger partial charge on any atom is 0.333 e. The van der Waals surface area contributed by atoms with E-state index in [4.69, 9.17) is 4.74 Å². The quantitative estimate of drug-likeness (QED) is 0.117. The fourth-order valence-electron chi connectivity index (χ4n) is 5.99. The molecular weight excluding hydrogens is 510 g/mol. The molecule has 39 heavy (non-hydrogen) atoms. The number of benzene rings is 2. The van der Waals surface area contributed by atoms with Crippen LogP contribution in [0.25, 0.3) is 0 Å². The molecule has 214 valence electrons. The molecule has 0 heterocycles. The highest BCUT2D eigenvalue weighted by atomic mass is 28.3. The van der Waals surface area contributed by atoms with Gasteiger partial charge in [-0.15, -0.1) is 0 Å². The van der Waals surface area contributed by atoms with Crippen LogP contribution in [0.3, 0.4) is 0 Å². The van der Waals surface area contributed by atoms with Crippen molar-refractivity contribution in [3.63, 3.8) is 0 Å². The van der Waals surface area contributed by atoms with Crippen molar-refractivity contribution in [1.29, 1.82) is 0 Å². The smallest absolute Gasteiger partial charge is 0.333 e. The van der Waals surface area contributed by atoms with Gasteiger partial charge < -0.3 is 9.84 Å². The van der Waals surface area contributed by atoms with Gasteiger partial charge in [-0.2, -0.15) is 0 Å². The van der Waals surface area contributed by atoms with Crippen molar-refractivity contribution in [1.82, 2.24) is 0 Å². The molecule has 1 saturated carbocycles. The lowest BCUT2D eigenvalue weighted by atomic mass is 9.75. The lowest BCUT2D eigenvalue weighted by Gasteiger charge is -2.31. The fraction of sp³-hybridized carbons (Fsp3) is 0.545. The standard InChI is InChI=1S/C33H46F2O3Si/c1-6-7-8-10-26-15-17-29(32(35)31(26)34)25-13-11-24(12-14-25)27-16-18-30(39(4,5)20-9-19-36)28(21-27)22-38-33(37)23(2)3/h15-18,21,24-25,36H,2,6-14,19-20,22H2,1,3-5H3. The van der Waals surface area contributed by atoms with Gasteiger partial charge in [0.05, 0.1) is 8.07 Å². The summed E-state index contributed by atoms with van der Waals surface area (Å²) in [5.74, 6) is -1.36. The number of esters is 1. The average Bonchev–Trinajstić information content (AvgIpc) is 2.93. The van der Waals surface area contributed by atoms with Gasteiger partial charge in [-0.1, -0.05) is 81.0 Å². The molecule has 3 nitrogen and oxygen atoms in total. The molecule has 0 saturated heterocycles. The lowest BCUT2D eigenvalue weighted by molar-refractivity contribution is -0.140. The van der Waals surface area contributed by atoms with Crippen molar-refractivity contribution in [2.75, 3.05) is 6.61 Å². The summed E-state index contributed by atoms with van der Waals surface area (Å²) in [4.78, 5) is 12.1. The molecule has 0 bridgehead atoms. The highest BCUT2D eigenvalue weighted by Gasteiger charge is 2.30. The van der Waals surface area contributed by atoms with E-state index >= 15 is 4.39 Å². The number of unbranched alkanes of at least 4 members (excludes halogenated alkanes) is 2. The summed E-state index contributed by atoms with van der Waals surface area (Å²) in [6.07, 6.45) is 7.73. The largest absolute Gasteiger partial charge is 0.457 e. The molecule has 0 atom stereocenters. The number of aliphatic hydroxyl groups excluding tert-OH is 1. The van der Waals surface area contributed by atoms with Gasteiger partial charge in [-0.25, -0.2) is 13.6 Å². The first-order valence-electron chi connectivity index (χ1n) is 14.6. The Kier molecular flexibility index (Phi) is 11.5. The Balaban J connectivity index is 1.75. The van der Waals surface area contributed by atoms with Crippen LogP contribution in [-0.2, 0) is 22.6 Å². The first-order chi connectivity index (χ1) is 18.6. The van der Waals surface area contributed by atoms with Crippen molar-refractivity contribution in [3.8, 4) is 0 Å². The Morgan fingerprint density at radius 3 is 2.33 bits per heavy atom. The number of hydrogen-bond acceptors (Lipinski definition) is 3. The van der Waals surface area contributed by atoms with Crippen LogP contribution in [0.15, 0.2) is 42.5 Å². The van der Waals surface area contributed by atoms with E-state index in [1.165, 1.54) is 10.8 Å². The number of carbonyl (C=O) groups is 1. The Labute approximate surface area is 234 Å². The van der Waals surface area contributed by atoms with Crippen LogP contribution < -0.4 is 5.19 Å². The van der Waals surface area contributed by atoms with Crippen LogP contribution in [0.2, 0.25) is 19.1 Å². The van der Waals surface area contributed by atoms with E-state index in [1.54, 1.807) is 13.0 Å². The second-order valence-electron chi connectivity index (χ2n) is 11.9. The van der Waals surface area contributed by atoms with Crippen molar-refractivity contribution in [2.24, 2.45) is 0 Å². The predicted molar refractivity (Wildman–Crippen MR) is 158 cm³/mol. The second kappa shape index (κ2) is 14.4. The summed E-state index contributed by atoms with van der Waals surface area (Å²) < 4.78 is 35.4. The summed E-state index contributed by atoms with van der Waals surface area (Å²) in [6, 6.07) is 11.1.